The summed E-state index contributed by atoms with van der Waals surface area (Å²) in [4.78, 5) is 28.2. The average Bonchev–Trinajstić information content (AvgIpc) is 3.04. The summed E-state index contributed by atoms with van der Waals surface area (Å²) < 4.78 is 1.06. The van der Waals surface area contributed by atoms with Gasteiger partial charge in [0, 0.05) is 15.1 Å². The molecule has 1 saturated heterocycles. The Bertz CT molecular complexity index is 695. The summed E-state index contributed by atoms with van der Waals surface area (Å²) in [6.07, 6.45) is 3.14. The Balaban J connectivity index is 1.92. The molecule has 0 atom stereocenters. The van der Waals surface area contributed by atoms with Crippen LogP contribution in [0.3, 0.4) is 0 Å². The van der Waals surface area contributed by atoms with Crippen molar-refractivity contribution in [2.24, 2.45) is 0 Å². The first kappa shape index (κ1) is 13.3. The molecule has 1 fully saturated rings. The van der Waals surface area contributed by atoms with Crippen molar-refractivity contribution in [1.82, 2.24) is 10.4 Å². The van der Waals surface area contributed by atoms with Gasteiger partial charge in [-0.25, -0.2) is 9.99 Å². The van der Waals surface area contributed by atoms with E-state index in [1.807, 2.05) is 12.1 Å². The van der Waals surface area contributed by atoms with Crippen LogP contribution >= 0.6 is 33.9 Å². The van der Waals surface area contributed by atoms with E-state index in [9.17, 15) is 9.59 Å². The molecule has 3 rings (SSSR count). The van der Waals surface area contributed by atoms with E-state index in [1.54, 1.807) is 23.7 Å². The summed E-state index contributed by atoms with van der Waals surface area (Å²) in [5.41, 5.74) is 3.28. The van der Waals surface area contributed by atoms with Crippen LogP contribution in [-0.4, -0.2) is 16.8 Å². The molecule has 2 heterocycles. The molecule has 1 aromatic carbocycles. The maximum absolute atomic E-state index is 12.3. The lowest BCUT2D eigenvalue weighted by molar-refractivity contribution is -0.117. The summed E-state index contributed by atoms with van der Waals surface area (Å²) in [6.45, 7) is 0. The van der Waals surface area contributed by atoms with E-state index in [0.29, 0.717) is 10.7 Å². The smallest absolute Gasteiger partial charge is 0.267 e. The maximum atomic E-state index is 12.3. The Labute approximate surface area is 132 Å². The third kappa shape index (κ3) is 2.46. The topological polar surface area (TPSA) is 62.3 Å². The number of hydrogen-bond acceptors (Lipinski definition) is 4. The predicted octanol–water partition coefficient (Wildman–Crippen LogP) is 2.21. The molecule has 5 nitrogen and oxygen atoms in total. The number of rotatable bonds is 2. The summed E-state index contributed by atoms with van der Waals surface area (Å²) >= 11 is 3.55. The van der Waals surface area contributed by atoms with Crippen LogP contribution in [0.1, 0.15) is 5.01 Å². The second-order valence-electron chi connectivity index (χ2n) is 3.99. The molecule has 0 unspecified atom stereocenters. The Kier molecular flexibility index (Phi) is 3.53. The van der Waals surface area contributed by atoms with Crippen LogP contribution in [0, 0.1) is 3.57 Å². The molecule has 1 aliphatic rings. The van der Waals surface area contributed by atoms with Crippen molar-refractivity contribution in [2.45, 2.75) is 0 Å². The van der Waals surface area contributed by atoms with Gasteiger partial charge in [0.1, 0.15) is 10.6 Å². The number of thiazole rings is 1. The van der Waals surface area contributed by atoms with Crippen LogP contribution < -0.4 is 10.4 Å². The molecule has 0 radical (unpaired) electrons. The normalized spacial score (nSPS) is 16.9. The zero-order valence-corrected chi connectivity index (χ0v) is 13.0. The molecule has 1 aliphatic heterocycles. The van der Waals surface area contributed by atoms with Crippen LogP contribution in [0.25, 0.3) is 6.08 Å². The molecule has 2 amide bonds. The minimum atomic E-state index is -0.413. The molecule has 0 aliphatic carbocycles. The molecular weight excluding hydrogens is 389 g/mol. The van der Waals surface area contributed by atoms with E-state index in [-0.39, 0.29) is 11.5 Å². The second kappa shape index (κ2) is 5.33. The van der Waals surface area contributed by atoms with E-state index in [4.69, 9.17) is 0 Å². The number of nitrogens with one attached hydrogen (secondary N) is 1. The lowest BCUT2D eigenvalue weighted by Crippen LogP contribution is -2.35. The fourth-order valence-electron chi connectivity index (χ4n) is 1.76. The van der Waals surface area contributed by atoms with E-state index in [2.05, 4.69) is 33.0 Å². The van der Waals surface area contributed by atoms with Gasteiger partial charge in [0.15, 0.2) is 0 Å². The summed E-state index contributed by atoms with van der Waals surface area (Å²) in [6, 6.07) is 7.31. The Morgan fingerprint density at radius 3 is 2.65 bits per heavy atom. The third-order valence-corrected chi connectivity index (χ3v) is 4.14. The minimum Gasteiger partial charge on any atom is -0.267 e. The highest BCUT2D eigenvalue weighted by atomic mass is 127. The molecule has 0 saturated carbocycles. The standard InChI is InChI=1S/C13H8IN3O2S/c14-8-1-3-9(4-2-8)17-13(19)10(12(18)16-17)7-11-15-5-6-20-11/h1-7H,(H,16,18). The first-order valence-corrected chi connectivity index (χ1v) is 7.63. The van der Waals surface area contributed by atoms with Crippen LogP contribution in [-0.2, 0) is 9.59 Å². The van der Waals surface area contributed by atoms with Gasteiger partial charge in [0.25, 0.3) is 11.8 Å². The van der Waals surface area contributed by atoms with Crippen molar-refractivity contribution < 1.29 is 9.59 Å². The Morgan fingerprint density at radius 1 is 1.25 bits per heavy atom. The number of carbonyl (C=O) groups excluding carboxylic acids is 2. The maximum Gasteiger partial charge on any atom is 0.282 e. The number of hydrazine groups is 1. The number of amides is 2. The van der Waals surface area contributed by atoms with Crippen LogP contribution in [0.15, 0.2) is 41.4 Å². The zero-order chi connectivity index (χ0) is 14.1. The number of halogens is 1. The fraction of sp³-hybridized carbons (Fsp3) is 0. The van der Waals surface area contributed by atoms with Gasteiger partial charge in [-0.15, -0.1) is 11.3 Å². The summed E-state index contributed by atoms with van der Waals surface area (Å²) in [5.74, 6) is -0.782. The van der Waals surface area contributed by atoms with Crippen molar-refractivity contribution in [3.05, 3.63) is 50.0 Å². The lowest BCUT2D eigenvalue weighted by Gasteiger charge is -2.14. The molecule has 0 spiro atoms. The molecule has 1 aromatic heterocycles. The van der Waals surface area contributed by atoms with Crippen molar-refractivity contribution in [1.29, 1.82) is 0 Å². The number of benzene rings is 1. The highest BCUT2D eigenvalue weighted by molar-refractivity contribution is 14.1. The van der Waals surface area contributed by atoms with E-state index < -0.39 is 5.91 Å². The molecule has 2 aromatic rings. The highest BCUT2D eigenvalue weighted by Gasteiger charge is 2.34. The van der Waals surface area contributed by atoms with Gasteiger partial charge in [-0.05, 0) is 52.9 Å². The summed E-state index contributed by atoms with van der Waals surface area (Å²) in [7, 11) is 0. The first-order valence-electron chi connectivity index (χ1n) is 5.67. The monoisotopic (exact) mass is 397 g/mol. The van der Waals surface area contributed by atoms with Gasteiger partial charge >= 0.3 is 0 Å². The molecule has 0 bridgehead atoms. The Hall–Kier alpha value is -1.74. The molecule has 7 heteroatoms. The van der Waals surface area contributed by atoms with Gasteiger partial charge in [-0.1, -0.05) is 0 Å². The summed E-state index contributed by atoms with van der Waals surface area (Å²) in [5, 5.41) is 3.67. The third-order valence-electron chi connectivity index (χ3n) is 2.70. The highest BCUT2D eigenvalue weighted by Crippen LogP contribution is 2.22. The van der Waals surface area contributed by atoms with Crippen molar-refractivity contribution in [2.75, 3.05) is 5.01 Å². The van der Waals surface area contributed by atoms with E-state index in [1.165, 1.54) is 22.4 Å². The number of aromatic nitrogens is 1. The average molecular weight is 397 g/mol. The Morgan fingerprint density at radius 2 is 2.00 bits per heavy atom. The van der Waals surface area contributed by atoms with Crippen molar-refractivity contribution in [3.63, 3.8) is 0 Å². The number of nitrogens with zero attached hydrogens (tertiary/aromatic N) is 2. The van der Waals surface area contributed by atoms with Gasteiger partial charge < -0.3 is 0 Å². The SMILES string of the molecule is O=C1NN(c2ccc(I)cc2)C(=O)C1=Cc1nccs1. The number of hydrogen-bond donors (Lipinski definition) is 1. The van der Waals surface area contributed by atoms with Crippen LogP contribution in [0.4, 0.5) is 5.69 Å². The second-order valence-corrected chi connectivity index (χ2v) is 6.16. The van der Waals surface area contributed by atoms with Crippen LogP contribution in [0.5, 0.6) is 0 Å². The fourth-order valence-corrected chi connectivity index (χ4v) is 2.69. The van der Waals surface area contributed by atoms with Crippen molar-refractivity contribution in [3.8, 4) is 0 Å². The van der Waals surface area contributed by atoms with Gasteiger partial charge in [0.2, 0.25) is 0 Å². The number of anilines is 1. The van der Waals surface area contributed by atoms with Gasteiger partial charge in [0.05, 0.1) is 5.69 Å². The van der Waals surface area contributed by atoms with Gasteiger partial charge in [-0.2, -0.15) is 0 Å². The largest absolute Gasteiger partial charge is 0.282 e. The lowest BCUT2D eigenvalue weighted by atomic mass is 10.2. The minimum absolute atomic E-state index is 0.0958. The molecular formula is C13H8IN3O2S. The van der Waals surface area contributed by atoms with Crippen LogP contribution in [0.2, 0.25) is 0 Å². The van der Waals surface area contributed by atoms with Crippen molar-refractivity contribution >= 4 is 57.5 Å². The molecule has 20 heavy (non-hydrogen) atoms. The van der Waals surface area contributed by atoms with Gasteiger partial charge in [-0.3, -0.25) is 15.0 Å². The molecule has 1 N–H and O–H groups in total. The predicted molar refractivity (Wildman–Crippen MR) is 84.9 cm³/mol. The van der Waals surface area contributed by atoms with E-state index >= 15 is 0 Å². The quantitative estimate of drug-likeness (QED) is 0.480. The zero-order valence-electron chi connectivity index (χ0n) is 10.0. The van der Waals surface area contributed by atoms with E-state index in [0.717, 1.165) is 3.57 Å². The molecule has 100 valence electrons. The first-order chi connectivity index (χ1) is 9.65. The number of carbonyl (C=O) groups is 2.